The summed E-state index contributed by atoms with van der Waals surface area (Å²) in [6, 6.07) is 4.90. The maximum absolute atomic E-state index is 12.1. The topological polar surface area (TPSA) is 72.2 Å². The average Bonchev–Trinajstić information content (AvgIpc) is 2.25. The van der Waals surface area contributed by atoms with Crippen molar-refractivity contribution in [1.29, 1.82) is 0 Å². The lowest BCUT2D eigenvalue weighted by molar-refractivity contribution is 0.542. The van der Waals surface area contributed by atoms with Crippen LogP contribution in [0, 0.1) is 6.92 Å². The zero-order valence-electron chi connectivity index (χ0n) is 9.90. The monoisotopic (exact) mass is 320 g/mol. The SMILES string of the molecule is CCC(CN)NS(=O)(=O)c1ccc(C)cc1Br. The second-order valence-corrected chi connectivity index (χ2v) is 6.43. The molecular formula is C11H17BrN2O2S. The standard InChI is InChI=1S/C11H17BrN2O2S/c1-3-9(7-13)14-17(15,16)11-5-4-8(2)6-10(11)12/h4-6,9,14H,3,7,13H2,1-2H3. The molecule has 17 heavy (non-hydrogen) atoms. The molecule has 1 aromatic rings. The summed E-state index contributed by atoms with van der Waals surface area (Å²) in [5, 5.41) is 0. The third kappa shape index (κ3) is 3.77. The van der Waals surface area contributed by atoms with Crippen molar-refractivity contribution in [2.24, 2.45) is 5.73 Å². The van der Waals surface area contributed by atoms with Gasteiger partial charge in [-0.15, -0.1) is 0 Å². The number of hydrogen-bond donors (Lipinski definition) is 2. The summed E-state index contributed by atoms with van der Waals surface area (Å²) in [7, 11) is -3.51. The van der Waals surface area contributed by atoms with Crippen LogP contribution in [0.2, 0.25) is 0 Å². The fourth-order valence-corrected chi connectivity index (χ4v) is 3.93. The van der Waals surface area contributed by atoms with E-state index in [0.717, 1.165) is 5.56 Å². The highest BCUT2D eigenvalue weighted by Crippen LogP contribution is 2.23. The van der Waals surface area contributed by atoms with Crippen LogP contribution in [0.5, 0.6) is 0 Å². The predicted molar refractivity (Wildman–Crippen MR) is 72.3 cm³/mol. The zero-order valence-corrected chi connectivity index (χ0v) is 12.3. The molecule has 96 valence electrons. The van der Waals surface area contributed by atoms with Crippen LogP contribution in [-0.2, 0) is 10.0 Å². The van der Waals surface area contributed by atoms with E-state index in [1.54, 1.807) is 18.2 Å². The molecule has 0 bridgehead atoms. The molecule has 0 fully saturated rings. The van der Waals surface area contributed by atoms with Crippen LogP contribution < -0.4 is 10.5 Å². The van der Waals surface area contributed by atoms with E-state index in [2.05, 4.69) is 20.7 Å². The number of nitrogens with two attached hydrogens (primary N) is 1. The first-order valence-electron chi connectivity index (χ1n) is 5.39. The Balaban J connectivity index is 3.05. The quantitative estimate of drug-likeness (QED) is 0.868. The Hall–Kier alpha value is -0.430. The van der Waals surface area contributed by atoms with Crippen molar-refractivity contribution in [1.82, 2.24) is 4.72 Å². The first-order valence-corrected chi connectivity index (χ1v) is 7.67. The molecule has 1 atom stereocenters. The van der Waals surface area contributed by atoms with Gasteiger partial charge in [-0.25, -0.2) is 13.1 Å². The molecule has 1 rings (SSSR count). The molecule has 4 nitrogen and oxygen atoms in total. The summed E-state index contributed by atoms with van der Waals surface area (Å²) in [4.78, 5) is 0.245. The molecule has 0 aliphatic carbocycles. The lowest BCUT2D eigenvalue weighted by Crippen LogP contribution is -2.39. The highest BCUT2D eigenvalue weighted by Gasteiger charge is 2.20. The minimum atomic E-state index is -3.51. The summed E-state index contributed by atoms with van der Waals surface area (Å²) < 4.78 is 27.3. The molecule has 0 amide bonds. The second kappa shape index (κ2) is 5.95. The predicted octanol–water partition coefficient (Wildman–Crippen LogP) is 1.77. The molecule has 1 unspecified atom stereocenters. The molecule has 0 radical (unpaired) electrons. The van der Waals surface area contributed by atoms with Crippen LogP contribution in [0.1, 0.15) is 18.9 Å². The van der Waals surface area contributed by atoms with Gasteiger partial charge in [0.2, 0.25) is 10.0 Å². The van der Waals surface area contributed by atoms with Gasteiger partial charge in [-0.3, -0.25) is 0 Å². The van der Waals surface area contributed by atoms with Gasteiger partial charge in [-0.2, -0.15) is 0 Å². The molecular weight excluding hydrogens is 304 g/mol. The van der Waals surface area contributed by atoms with Crippen LogP contribution in [0.15, 0.2) is 27.6 Å². The molecule has 0 heterocycles. The Morgan fingerprint density at radius 1 is 1.47 bits per heavy atom. The van der Waals surface area contributed by atoms with Crippen LogP contribution in [0.25, 0.3) is 0 Å². The maximum atomic E-state index is 12.1. The Labute approximate surface area is 111 Å². The van der Waals surface area contributed by atoms with E-state index in [4.69, 9.17) is 5.73 Å². The van der Waals surface area contributed by atoms with Gasteiger partial charge in [0.25, 0.3) is 0 Å². The van der Waals surface area contributed by atoms with Gasteiger partial charge in [0, 0.05) is 17.1 Å². The van der Waals surface area contributed by atoms with Crippen molar-refractivity contribution in [2.45, 2.75) is 31.2 Å². The van der Waals surface area contributed by atoms with Gasteiger partial charge in [0.15, 0.2) is 0 Å². The van der Waals surface area contributed by atoms with Gasteiger partial charge in [-0.1, -0.05) is 13.0 Å². The maximum Gasteiger partial charge on any atom is 0.241 e. The number of hydrogen-bond acceptors (Lipinski definition) is 3. The van der Waals surface area contributed by atoms with E-state index in [-0.39, 0.29) is 10.9 Å². The highest BCUT2D eigenvalue weighted by molar-refractivity contribution is 9.10. The van der Waals surface area contributed by atoms with Crippen molar-refractivity contribution in [2.75, 3.05) is 6.54 Å². The molecule has 0 spiro atoms. The van der Waals surface area contributed by atoms with E-state index >= 15 is 0 Å². The van der Waals surface area contributed by atoms with Gasteiger partial charge >= 0.3 is 0 Å². The lowest BCUT2D eigenvalue weighted by atomic mass is 10.2. The van der Waals surface area contributed by atoms with E-state index in [9.17, 15) is 8.42 Å². The number of benzene rings is 1. The van der Waals surface area contributed by atoms with E-state index < -0.39 is 10.0 Å². The fourth-order valence-electron chi connectivity index (χ4n) is 1.40. The van der Waals surface area contributed by atoms with Crippen molar-refractivity contribution >= 4 is 26.0 Å². The number of halogens is 1. The molecule has 6 heteroatoms. The summed E-state index contributed by atoms with van der Waals surface area (Å²) in [5.41, 5.74) is 6.49. The molecule has 1 aromatic carbocycles. The van der Waals surface area contributed by atoms with Gasteiger partial charge in [-0.05, 0) is 47.0 Å². The third-order valence-electron chi connectivity index (χ3n) is 2.48. The number of aryl methyl sites for hydroxylation is 1. The summed E-state index contributed by atoms with van der Waals surface area (Å²) in [5.74, 6) is 0. The molecule has 3 N–H and O–H groups in total. The Morgan fingerprint density at radius 3 is 2.59 bits per heavy atom. The minimum absolute atomic E-state index is 0.229. The Kier molecular flexibility index (Phi) is 5.12. The van der Waals surface area contributed by atoms with Crippen molar-refractivity contribution in [3.8, 4) is 0 Å². The number of sulfonamides is 1. The number of rotatable bonds is 5. The number of nitrogens with one attached hydrogen (secondary N) is 1. The first kappa shape index (κ1) is 14.6. The van der Waals surface area contributed by atoms with Crippen LogP contribution in [-0.4, -0.2) is 21.0 Å². The normalized spacial score (nSPS) is 13.6. The summed E-state index contributed by atoms with van der Waals surface area (Å²) in [6.07, 6.45) is 0.666. The zero-order chi connectivity index (χ0) is 13.1. The Morgan fingerprint density at radius 2 is 2.12 bits per heavy atom. The summed E-state index contributed by atoms with van der Waals surface area (Å²) >= 11 is 3.27. The van der Waals surface area contributed by atoms with Crippen molar-refractivity contribution in [3.05, 3.63) is 28.2 Å². The third-order valence-corrected chi connectivity index (χ3v) is 4.97. The van der Waals surface area contributed by atoms with Gasteiger partial charge in [0.05, 0.1) is 4.90 Å². The minimum Gasteiger partial charge on any atom is -0.329 e. The van der Waals surface area contributed by atoms with E-state index in [1.807, 2.05) is 13.8 Å². The first-order chi connectivity index (χ1) is 7.90. The fraction of sp³-hybridized carbons (Fsp3) is 0.455. The van der Waals surface area contributed by atoms with E-state index in [0.29, 0.717) is 17.4 Å². The second-order valence-electron chi connectivity index (χ2n) is 3.90. The highest BCUT2D eigenvalue weighted by atomic mass is 79.9. The summed E-state index contributed by atoms with van der Waals surface area (Å²) in [6.45, 7) is 4.09. The molecule has 0 saturated carbocycles. The molecule has 0 saturated heterocycles. The lowest BCUT2D eigenvalue weighted by Gasteiger charge is -2.15. The van der Waals surface area contributed by atoms with Gasteiger partial charge < -0.3 is 5.73 Å². The smallest absolute Gasteiger partial charge is 0.241 e. The molecule has 0 aliphatic heterocycles. The van der Waals surface area contributed by atoms with Crippen LogP contribution in [0.3, 0.4) is 0 Å². The van der Waals surface area contributed by atoms with Crippen LogP contribution >= 0.6 is 15.9 Å². The van der Waals surface area contributed by atoms with Crippen LogP contribution in [0.4, 0.5) is 0 Å². The molecule has 0 aromatic heterocycles. The molecule has 0 aliphatic rings. The van der Waals surface area contributed by atoms with Crippen molar-refractivity contribution < 1.29 is 8.42 Å². The van der Waals surface area contributed by atoms with Crippen molar-refractivity contribution in [3.63, 3.8) is 0 Å². The van der Waals surface area contributed by atoms with Gasteiger partial charge in [0.1, 0.15) is 0 Å². The Bertz CT molecular complexity index is 484. The average molecular weight is 321 g/mol. The van der Waals surface area contributed by atoms with E-state index in [1.165, 1.54) is 0 Å². The largest absolute Gasteiger partial charge is 0.329 e.